The lowest BCUT2D eigenvalue weighted by Crippen LogP contribution is -2.48. The van der Waals surface area contributed by atoms with E-state index in [-0.39, 0.29) is 0 Å². The molecule has 4 heteroatoms. The molecule has 0 unspecified atom stereocenters. The van der Waals surface area contributed by atoms with Gasteiger partial charge in [0.15, 0.2) is 0 Å². The van der Waals surface area contributed by atoms with Crippen molar-refractivity contribution >= 4 is 0 Å². The molecule has 0 aliphatic heterocycles. The first-order valence-corrected chi connectivity index (χ1v) is 9.66. The number of aliphatic hydroxyl groups excluding tert-OH is 1. The van der Waals surface area contributed by atoms with Gasteiger partial charge in [0.2, 0.25) is 0 Å². The third kappa shape index (κ3) is 4.30. The molecule has 1 fully saturated rings. The molecule has 3 atom stereocenters. The summed E-state index contributed by atoms with van der Waals surface area (Å²) in [5, 5.41) is 10.3. The third-order valence-corrected chi connectivity index (χ3v) is 6.27. The summed E-state index contributed by atoms with van der Waals surface area (Å²) >= 11 is 0. The van der Waals surface area contributed by atoms with Gasteiger partial charge >= 0.3 is 0 Å². The fraction of sp³-hybridized carbons (Fsp3) is 0.636. The van der Waals surface area contributed by atoms with Crippen LogP contribution in [0.15, 0.2) is 35.9 Å². The first kappa shape index (κ1) is 19.4. The number of hydrogen-bond acceptors (Lipinski definition) is 4. The van der Waals surface area contributed by atoms with Crippen LogP contribution < -0.4 is 4.74 Å². The van der Waals surface area contributed by atoms with Gasteiger partial charge in [-0.3, -0.25) is 4.90 Å². The second-order valence-electron chi connectivity index (χ2n) is 8.54. The average Bonchev–Trinajstić information content (AvgIpc) is 2.61. The van der Waals surface area contributed by atoms with Crippen molar-refractivity contribution in [1.29, 1.82) is 0 Å². The summed E-state index contributed by atoms with van der Waals surface area (Å²) in [5.74, 6) is 2.39. The summed E-state index contributed by atoms with van der Waals surface area (Å²) < 4.78 is 11.1. The number of ether oxygens (including phenoxy) is 2. The smallest absolute Gasteiger partial charge is 0.119 e. The molecule has 3 aliphatic carbocycles. The number of aliphatic hydroxyl groups is 1. The highest BCUT2D eigenvalue weighted by atomic mass is 16.5. The largest absolute Gasteiger partial charge is 0.497 e. The van der Waals surface area contributed by atoms with Crippen molar-refractivity contribution in [3.8, 4) is 5.75 Å². The second kappa shape index (κ2) is 8.12. The van der Waals surface area contributed by atoms with E-state index in [1.807, 2.05) is 25.2 Å². The van der Waals surface area contributed by atoms with Gasteiger partial charge in [-0.1, -0.05) is 32.1 Å². The molecule has 0 aromatic heterocycles. The van der Waals surface area contributed by atoms with Crippen LogP contribution in [-0.4, -0.2) is 50.0 Å². The Bertz CT molecular complexity index is 640. The van der Waals surface area contributed by atoms with Gasteiger partial charge < -0.3 is 14.6 Å². The average molecular weight is 360 g/mol. The van der Waals surface area contributed by atoms with E-state index >= 15 is 0 Å². The molecule has 0 radical (unpaired) electrons. The Morgan fingerprint density at radius 1 is 1.35 bits per heavy atom. The highest BCUT2D eigenvalue weighted by Gasteiger charge is 2.50. The molecule has 1 aromatic carbocycles. The highest BCUT2D eigenvalue weighted by molar-refractivity contribution is 5.28. The van der Waals surface area contributed by atoms with Crippen LogP contribution in [-0.2, 0) is 11.3 Å². The Labute approximate surface area is 157 Å². The van der Waals surface area contributed by atoms with Crippen LogP contribution in [0.4, 0.5) is 0 Å². The number of likely N-dealkylation sites (N-methyl/N-ethyl adjacent to an activating group) is 1. The van der Waals surface area contributed by atoms with E-state index in [9.17, 15) is 5.11 Å². The molecule has 0 amide bonds. The third-order valence-electron chi connectivity index (χ3n) is 6.27. The predicted molar refractivity (Wildman–Crippen MR) is 104 cm³/mol. The molecule has 2 bridgehead atoms. The van der Waals surface area contributed by atoms with Gasteiger partial charge in [0, 0.05) is 13.1 Å². The van der Waals surface area contributed by atoms with Gasteiger partial charge in [-0.15, -0.1) is 0 Å². The first-order valence-electron chi connectivity index (χ1n) is 9.66. The Kier molecular flexibility index (Phi) is 6.06. The molecule has 4 nitrogen and oxygen atoms in total. The maximum Gasteiger partial charge on any atom is 0.119 e. The second-order valence-corrected chi connectivity index (χ2v) is 8.54. The van der Waals surface area contributed by atoms with Crippen LogP contribution >= 0.6 is 0 Å². The number of methoxy groups -OCH3 is 1. The summed E-state index contributed by atoms with van der Waals surface area (Å²) in [5.41, 5.74) is 3.05. The van der Waals surface area contributed by atoms with Crippen LogP contribution in [0.25, 0.3) is 0 Å². The number of benzene rings is 1. The van der Waals surface area contributed by atoms with Crippen molar-refractivity contribution in [2.45, 2.75) is 39.3 Å². The molecular formula is C22H33NO3. The van der Waals surface area contributed by atoms with Gasteiger partial charge in [0.1, 0.15) is 5.75 Å². The molecule has 144 valence electrons. The minimum atomic E-state index is -0.475. The monoisotopic (exact) mass is 359 g/mol. The van der Waals surface area contributed by atoms with Gasteiger partial charge in [-0.25, -0.2) is 0 Å². The van der Waals surface area contributed by atoms with Crippen LogP contribution in [0.3, 0.4) is 0 Å². The molecule has 26 heavy (non-hydrogen) atoms. The number of fused-ring (bicyclic) bond motifs is 1. The van der Waals surface area contributed by atoms with E-state index < -0.39 is 6.10 Å². The summed E-state index contributed by atoms with van der Waals surface area (Å²) in [6.45, 7) is 7.17. The predicted octanol–water partition coefficient (Wildman–Crippen LogP) is 3.50. The zero-order chi connectivity index (χ0) is 18.7. The molecule has 0 spiro atoms. The lowest BCUT2D eigenvalue weighted by molar-refractivity contribution is -0.0257. The van der Waals surface area contributed by atoms with Crippen LogP contribution in [0.2, 0.25) is 0 Å². The highest BCUT2D eigenvalue weighted by Crippen LogP contribution is 2.59. The Balaban J connectivity index is 1.38. The molecule has 3 aliphatic rings. The van der Waals surface area contributed by atoms with E-state index in [2.05, 4.69) is 30.9 Å². The van der Waals surface area contributed by atoms with Crippen LogP contribution in [0, 0.1) is 17.3 Å². The molecule has 0 saturated heterocycles. The zero-order valence-corrected chi connectivity index (χ0v) is 16.6. The maximum atomic E-state index is 10.3. The number of hydrogen-bond donors (Lipinski definition) is 1. The maximum absolute atomic E-state index is 10.3. The summed E-state index contributed by atoms with van der Waals surface area (Å²) in [6, 6.07) is 8.04. The van der Waals surface area contributed by atoms with E-state index in [0.29, 0.717) is 31.1 Å². The quantitative estimate of drug-likeness (QED) is 0.685. The number of allylic oxidation sites excluding steroid dienone is 1. The van der Waals surface area contributed by atoms with Crippen molar-refractivity contribution in [2.24, 2.45) is 17.3 Å². The molecule has 0 heterocycles. The van der Waals surface area contributed by atoms with Gasteiger partial charge in [0.25, 0.3) is 0 Å². The standard InChI is InChI=1S/C22H33NO3/c1-22(2)18-9-8-17(21(22)11-18)14-26-15-19(24)13-23(3)12-16-6-5-7-20(10-16)25-4/h5-8,10,18-19,21,24H,9,11-15H2,1-4H3/t18-,19+,21+/m0/s1. The first-order chi connectivity index (χ1) is 12.4. The van der Waals surface area contributed by atoms with E-state index in [1.54, 1.807) is 7.11 Å². The summed E-state index contributed by atoms with van der Waals surface area (Å²) in [4.78, 5) is 2.11. The van der Waals surface area contributed by atoms with Gasteiger partial charge in [0.05, 0.1) is 26.4 Å². The van der Waals surface area contributed by atoms with Crippen molar-refractivity contribution < 1.29 is 14.6 Å². The lowest BCUT2D eigenvalue weighted by Gasteiger charge is -2.56. The Morgan fingerprint density at radius 3 is 2.85 bits per heavy atom. The van der Waals surface area contributed by atoms with Crippen molar-refractivity contribution in [2.75, 3.05) is 33.9 Å². The number of nitrogens with zero attached hydrogens (tertiary/aromatic N) is 1. The van der Waals surface area contributed by atoms with Gasteiger partial charge in [-0.05, 0) is 60.4 Å². The van der Waals surface area contributed by atoms with Gasteiger partial charge in [-0.2, -0.15) is 0 Å². The van der Waals surface area contributed by atoms with Crippen LogP contribution in [0.1, 0.15) is 32.3 Å². The lowest BCUT2D eigenvalue weighted by atomic mass is 9.49. The fourth-order valence-corrected chi connectivity index (χ4v) is 4.51. The van der Waals surface area contributed by atoms with Crippen LogP contribution in [0.5, 0.6) is 5.75 Å². The molecular weight excluding hydrogens is 326 g/mol. The van der Waals surface area contributed by atoms with E-state index in [0.717, 1.165) is 18.2 Å². The zero-order valence-electron chi connectivity index (χ0n) is 16.6. The minimum Gasteiger partial charge on any atom is -0.497 e. The van der Waals surface area contributed by atoms with E-state index in [4.69, 9.17) is 9.47 Å². The minimum absolute atomic E-state index is 0.385. The number of rotatable bonds is 9. The topological polar surface area (TPSA) is 41.9 Å². The molecule has 1 aromatic rings. The van der Waals surface area contributed by atoms with Crippen molar-refractivity contribution in [3.63, 3.8) is 0 Å². The summed E-state index contributed by atoms with van der Waals surface area (Å²) in [6.07, 6.45) is 4.39. The molecule has 4 rings (SSSR count). The summed E-state index contributed by atoms with van der Waals surface area (Å²) in [7, 11) is 3.69. The van der Waals surface area contributed by atoms with E-state index in [1.165, 1.54) is 24.0 Å². The molecule has 1 saturated carbocycles. The van der Waals surface area contributed by atoms with Crippen molar-refractivity contribution in [1.82, 2.24) is 4.90 Å². The van der Waals surface area contributed by atoms with Crippen molar-refractivity contribution in [3.05, 3.63) is 41.5 Å². The fourth-order valence-electron chi connectivity index (χ4n) is 4.51. The SMILES string of the molecule is COc1cccc(CN(C)C[C@@H](O)COCC2=CC[C@H]3C[C@H]2C3(C)C)c1. The molecule has 1 N–H and O–H groups in total. The Hall–Kier alpha value is -1.36. The normalized spacial score (nSPS) is 24.8. The Morgan fingerprint density at radius 2 is 2.15 bits per heavy atom.